The van der Waals surface area contributed by atoms with Gasteiger partial charge in [0.1, 0.15) is 0 Å². The Bertz CT molecular complexity index is 408. The van der Waals surface area contributed by atoms with E-state index in [1.165, 1.54) is 0 Å². The number of nitrogens with zero attached hydrogens (tertiary/aromatic N) is 1. The summed E-state index contributed by atoms with van der Waals surface area (Å²) in [5, 5.41) is 0. The highest BCUT2D eigenvalue weighted by Crippen LogP contribution is 2.07. The maximum absolute atomic E-state index is 11.8. The number of carbonyl (C=O) groups excluding carboxylic acids is 1. The minimum Gasteiger partial charge on any atom is -0.291 e. The predicted molar refractivity (Wildman–Crippen MR) is 56.0 cm³/mol. The van der Waals surface area contributed by atoms with Crippen LogP contribution in [-0.2, 0) is 0 Å². The molecule has 2 rings (SSSR count). The smallest absolute Gasteiger partial charge is 0.261 e. The summed E-state index contributed by atoms with van der Waals surface area (Å²) in [7, 11) is 0. The Kier molecular flexibility index (Phi) is 2.45. The van der Waals surface area contributed by atoms with E-state index in [1.54, 1.807) is 17.0 Å². The van der Waals surface area contributed by atoms with Crippen LogP contribution in [0.4, 0.5) is 0 Å². The molecule has 14 heavy (non-hydrogen) atoms. The molecule has 1 heterocycles. The van der Waals surface area contributed by atoms with E-state index in [2.05, 4.69) is 0 Å². The maximum atomic E-state index is 11.8. The number of aromatic nitrogens is 1. The zero-order chi connectivity index (χ0) is 9.80. The molecule has 0 unspecified atom stereocenters. The van der Waals surface area contributed by atoms with Crippen molar-refractivity contribution in [2.75, 3.05) is 0 Å². The van der Waals surface area contributed by atoms with Gasteiger partial charge in [0.2, 0.25) is 0 Å². The highest BCUT2D eigenvalue weighted by Gasteiger charge is 2.07. The first-order valence-electron chi connectivity index (χ1n) is 4.59. The minimum atomic E-state index is 0.0119. The van der Waals surface area contributed by atoms with Gasteiger partial charge in [-0.25, -0.2) is 0 Å². The molecule has 1 aromatic heterocycles. The number of allylic oxidation sites excluding steroid dienone is 6. The molecule has 1 aliphatic rings. The van der Waals surface area contributed by atoms with Gasteiger partial charge in [0.15, 0.2) is 0 Å². The minimum absolute atomic E-state index is 0.0119. The molecule has 0 radical (unpaired) electrons. The van der Waals surface area contributed by atoms with Gasteiger partial charge < -0.3 is 0 Å². The van der Waals surface area contributed by atoms with Crippen LogP contribution < -0.4 is 0 Å². The van der Waals surface area contributed by atoms with E-state index in [-0.39, 0.29) is 5.91 Å². The van der Waals surface area contributed by atoms with Gasteiger partial charge in [0, 0.05) is 18.0 Å². The molecule has 0 saturated carbocycles. The zero-order valence-corrected chi connectivity index (χ0v) is 7.76. The molecule has 2 heteroatoms. The molecule has 1 aliphatic carbocycles. The molecule has 2 nitrogen and oxygen atoms in total. The largest absolute Gasteiger partial charge is 0.291 e. The van der Waals surface area contributed by atoms with Crippen LogP contribution in [-0.4, -0.2) is 10.5 Å². The summed E-state index contributed by atoms with van der Waals surface area (Å²) in [5.41, 5.74) is 0.718. The van der Waals surface area contributed by atoms with Crippen LogP contribution >= 0.6 is 0 Å². The molecule has 0 saturated heterocycles. The van der Waals surface area contributed by atoms with Crippen LogP contribution in [0.25, 0.3) is 0 Å². The average molecular weight is 185 g/mol. The first-order chi connectivity index (χ1) is 6.88. The third-order valence-electron chi connectivity index (χ3n) is 2.07. The number of rotatable bonds is 1. The molecular formula is C12H11NO. The Morgan fingerprint density at radius 3 is 2.79 bits per heavy atom. The summed E-state index contributed by atoms with van der Waals surface area (Å²) in [4.78, 5) is 11.8. The van der Waals surface area contributed by atoms with Crippen LogP contribution in [0.2, 0.25) is 0 Å². The van der Waals surface area contributed by atoms with Crippen molar-refractivity contribution in [2.24, 2.45) is 0 Å². The lowest BCUT2D eigenvalue weighted by atomic mass is 10.2. The third kappa shape index (κ3) is 1.74. The second kappa shape index (κ2) is 3.92. The molecule has 0 aliphatic heterocycles. The van der Waals surface area contributed by atoms with Crippen molar-refractivity contribution in [2.45, 2.75) is 6.42 Å². The molecule has 0 amide bonds. The summed E-state index contributed by atoms with van der Waals surface area (Å²) < 4.78 is 1.58. The third-order valence-corrected chi connectivity index (χ3v) is 2.07. The van der Waals surface area contributed by atoms with Gasteiger partial charge >= 0.3 is 0 Å². The van der Waals surface area contributed by atoms with Crippen molar-refractivity contribution in [1.82, 2.24) is 4.57 Å². The van der Waals surface area contributed by atoms with Gasteiger partial charge in [-0.1, -0.05) is 24.3 Å². The van der Waals surface area contributed by atoms with E-state index >= 15 is 0 Å². The Morgan fingerprint density at radius 1 is 1.21 bits per heavy atom. The van der Waals surface area contributed by atoms with Crippen LogP contribution in [0.3, 0.4) is 0 Å². The van der Waals surface area contributed by atoms with Crippen molar-refractivity contribution in [3.05, 3.63) is 60.5 Å². The van der Waals surface area contributed by atoms with E-state index in [4.69, 9.17) is 0 Å². The van der Waals surface area contributed by atoms with Crippen molar-refractivity contribution >= 4 is 5.91 Å². The zero-order valence-electron chi connectivity index (χ0n) is 7.76. The fourth-order valence-corrected chi connectivity index (χ4v) is 1.34. The summed E-state index contributed by atoms with van der Waals surface area (Å²) in [6.45, 7) is 0. The lowest BCUT2D eigenvalue weighted by Gasteiger charge is -2.00. The van der Waals surface area contributed by atoms with Crippen molar-refractivity contribution in [3.63, 3.8) is 0 Å². The fourth-order valence-electron chi connectivity index (χ4n) is 1.34. The first-order valence-corrected chi connectivity index (χ1v) is 4.59. The molecule has 0 N–H and O–H groups in total. The van der Waals surface area contributed by atoms with Crippen LogP contribution in [0.1, 0.15) is 11.2 Å². The average Bonchev–Trinajstić information content (AvgIpc) is 2.59. The Labute approximate surface area is 82.9 Å². The molecule has 0 aromatic carbocycles. The number of hydrogen-bond donors (Lipinski definition) is 0. The summed E-state index contributed by atoms with van der Waals surface area (Å²) >= 11 is 0. The van der Waals surface area contributed by atoms with E-state index < -0.39 is 0 Å². The second-order valence-corrected chi connectivity index (χ2v) is 3.08. The lowest BCUT2D eigenvalue weighted by Crippen LogP contribution is -2.09. The normalized spacial score (nSPS) is 15.0. The topological polar surface area (TPSA) is 22.0 Å². The molecule has 70 valence electrons. The quantitative estimate of drug-likeness (QED) is 0.659. The van der Waals surface area contributed by atoms with Gasteiger partial charge in [0.25, 0.3) is 5.91 Å². The first kappa shape index (κ1) is 8.75. The molecule has 0 atom stereocenters. The number of hydrogen-bond acceptors (Lipinski definition) is 1. The summed E-state index contributed by atoms with van der Waals surface area (Å²) in [6, 6.07) is 3.68. The fraction of sp³-hybridized carbons (Fsp3) is 0.0833. The summed E-state index contributed by atoms with van der Waals surface area (Å²) in [5.74, 6) is 0.0119. The van der Waals surface area contributed by atoms with E-state index in [0.717, 1.165) is 12.0 Å². The molecule has 0 fully saturated rings. The van der Waals surface area contributed by atoms with Crippen LogP contribution in [0, 0.1) is 0 Å². The molecule has 1 aromatic rings. The van der Waals surface area contributed by atoms with E-state index in [9.17, 15) is 4.79 Å². The Balaban J connectivity index is 2.27. The van der Waals surface area contributed by atoms with Crippen molar-refractivity contribution in [1.29, 1.82) is 0 Å². The predicted octanol–water partition coefficient (Wildman–Crippen LogP) is 2.57. The van der Waals surface area contributed by atoms with Gasteiger partial charge in [-0.3, -0.25) is 9.36 Å². The highest BCUT2D eigenvalue weighted by molar-refractivity contribution is 5.98. The van der Waals surface area contributed by atoms with Crippen LogP contribution in [0.5, 0.6) is 0 Å². The standard InChI is InChI=1S/C12H11NO/c14-12(13-9-5-6-10-13)11-7-3-1-2-4-8-11/h1,3-10H,2H2. The van der Waals surface area contributed by atoms with Crippen LogP contribution in [0.15, 0.2) is 60.5 Å². The van der Waals surface area contributed by atoms with Gasteiger partial charge in [0.05, 0.1) is 0 Å². The monoisotopic (exact) mass is 185 g/mol. The molecule has 0 spiro atoms. The highest BCUT2D eigenvalue weighted by atomic mass is 16.2. The number of carbonyl (C=O) groups is 1. The van der Waals surface area contributed by atoms with Crippen molar-refractivity contribution in [3.8, 4) is 0 Å². The van der Waals surface area contributed by atoms with E-state index in [1.807, 2.05) is 42.5 Å². The second-order valence-electron chi connectivity index (χ2n) is 3.08. The molecular weight excluding hydrogens is 174 g/mol. The SMILES string of the molecule is O=C(C1=CC=CCC=C1)n1cccc1. The van der Waals surface area contributed by atoms with Crippen molar-refractivity contribution < 1.29 is 4.79 Å². The van der Waals surface area contributed by atoms with Gasteiger partial charge in [-0.2, -0.15) is 0 Å². The Morgan fingerprint density at radius 2 is 2.00 bits per heavy atom. The Hall–Kier alpha value is -1.83. The maximum Gasteiger partial charge on any atom is 0.261 e. The van der Waals surface area contributed by atoms with Gasteiger partial charge in [-0.15, -0.1) is 0 Å². The van der Waals surface area contributed by atoms with E-state index in [0.29, 0.717) is 0 Å². The summed E-state index contributed by atoms with van der Waals surface area (Å²) in [6.07, 6.45) is 14.0. The van der Waals surface area contributed by atoms with Gasteiger partial charge in [-0.05, 0) is 24.6 Å². The molecule has 0 bridgehead atoms. The lowest BCUT2D eigenvalue weighted by molar-refractivity contribution is 0.0959.